The minimum Gasteiger partial charge on any atom is -0.461 e. The predicted octanol–water partition coefficient (Wildman–Crippen LogP) is -0.0132. The summed E-state index contributed by atoms with van der Waals surface area (Å²) in [5.74, 6) is -2.05. The van der Waals surface area contributed by atoms with Crippen LogP contribution in [0.3, 0.4) is 0 Å². The van der Waals surface area contributed by atoms with Gasteiger partial charge in [-0.3, -0.25) is 19.3 Å². The number of β-lactam (4-membered cyclic amide) rings is 1. The fourth-order valence-electron chi connectivity index (χ4n) is 2.37. The first-order valence-corrected chi connectivity index (χ1v) is 8.43. The highest BCUT2D eigenvalue weighted by atomic mass is 35.5. The van der Waals surface area contributed by atoms with Gasteiger partial charge in [0.05, 0.1) is 11.4 Å². The van der Waals surface area contributed by atoms with Gasteiger partial charge in [0.1, 0.15) is 12.0 Å². The van der Waals surface area contributed by atoms with Gasteiger partial charge in [0, 0.05) is 18.9 Å². The van der Waals surface area contributed by atoms with E-state index in [4.69, 9.17) is 16.3 Å². The van der Waals surface area contributed by atoms with Crippen molar-refractivity contribution in [2.24, 2.45) is 0 Å². The van der Waals surface area contributed by atoms with Gasteiger partial charge >= 0.3 is 5.97 Å². The average molecular weight is 336 g/mol. The zero-order valence-electron chi connectivity index (χ0n) is 11.5. The number of esters is 1. The summed E-state index contributed by atoms with van der Waals surface area (Å²) in [4.78, 5) is 35.7. The van der Waals surface area contributed by atoms with Crippen LogP contribution < -0.4 is 0 Å². The molecule has 2 atom stereocenters. The van der Waals surface area contributed by atoms with E-state index in [1.807, 2.05) is 0 Å². The average Bonchev–Trinajstić information content (AvgIpc) is 2.41. The van der Waals surface area contributed by atoms with E-state index in [2.05, 4.69) is 0 Å². The van der Waals surface area contributed by atoms with Crippen LogP contribution >= 0.6 is 11.6 Å². The Bertz CT molecular complexity index is 653. The molecule has 1 unspecified atom stereocenters. The highest BCUT2D eigenvalue weighted by Crippen LogP contribution is 2.39. The number of sulfone groups is 1. The monoisotopic (exact) mass is 335 g/mol. The van der Waals surface area contributed by atoms with Crippen molar-refractivity contribution in [2.45, 2.75) is 31.0 Å². The Labute approximate surface area is 126 Å². The molecule has 9 heteroatoms. The Morgan fingerprint density at radius 1 is 1.43 bits per heavy atom. The predicted molar refractivity (Wildman–Crippen MR) is 73.0 cm³/mol. The molecule has 7 nitrogen and oxygen atoms in total. The number of allylic oxidation sites excluding steroid dienone is 1. The van der Waals surface area contributed by atoms with E-state index in [9.17, 15) is 22.8 Å². The largest absolute Gasteiger partial charge is 0.461 e. The Morgan fingerprint density at radius 3 is 2.57 bits per heavy atom. The van der Waals surface area contributed by atoms with Crippen molar-refractivity contribution in [3.8, 4) is 0 Å². The first-order valence-electron chi connectivity index (χ1n) is 6.28. The molecule has 0 radical (unpaired) electrons. The van der Waals surface area contributed by atoms with E-state index >= 15 is 0 Å². The summed E-state index contributed by atoms with van der Waals surface area (Å²) in [6, 6.07) is 0. The molecular formula is C12H14ClNO6S. The molecule has 0 bridgehead atoms. The summed E-state index contributed by atoms with van der Waals surface area (Å²) in [6.07, 6.45) is 0.0996. The molecular weight excluding hydrogens is 322 g/mol. The molecule has 116 valence electrons. The summed E-state index contributed by atoms with van der Waals surface area (Å²) in [5.41, 5.74) is 0.116. The highest BCUT2D eigenvalue weighted by Gasteiger charge is 2.58. The summed E-state index contributed by atoms with van der Waals surface area (Å²) in [5, 5.41) is -2.39. The minimum absolute atomic E-state index is 0.000440. The Hall–Kier alpha value is -1.41. The van der Waals surface area contributed by atoms with E-state index in [0.717, 1.165) is 4.90 Å². The number of halogens is 1. The van der Waals surface area contributed by atoms with Crippen LogP contribution in [0.25, 0.3) is 0 Å². The Morgan fingerprint density at radius 2 is 2.05 bits per heavy atom. The Balaban J connectivity index is 2.48. The number of carbonyl (C=O) groups excluding carboxylic acids is 3. The first-order chi connectivity index (χ1) is 9.70. The van der Waals surface area contributed by atoms with E-state index in [0.29, 0.717) is 0 Å². The number of Topliss-reactive ketones (excluding diaryl/α,β-unsaturated/α-hetero) is 1. The van der Waals surface area contributed by atoms with Crippen LogP contribution in [0.1, 0.15) is 20.3 Å². The normalized spacial score (nSPS) is 27.0. The maximum absolute atomic E-state index is 12.1. The fraction of sp³-hybridized carbons (Fsp3) is 0.583. The molecule has 0 spiro atoms. The van der Waals surface area contributed by atoms with Gasteiger partial charge in [0.15, 0.2) is 21.0 Å². The van der Waals surface area contributed by atoms with Crippen molar-refractivity contribution in [1.29, 1.82) is 0 Å². The van der Waals surface area contributed by atoms with E-state index in [1.54, 1.807) is 6.92 Å². The summed E-state index contributed by atoms with van der Waals surface area (Å²) < 4.78 is 29.1. The third-order valence-corrected chi connectivity index (χ3v) is 5.88. The van der Waals surface area contributed by atoms with Gasteiger partial charge in [0.25, 0.3) is 0 Å². The van der Waals surface area contributed by atoms with Crippen molar-refractivity contribution in [1.82, 2.24) is 4.90 Å². The molecule has 1 saturated heterocycles. The van der Waals surface area contributed by atoms with Crippen LogP contribution in [0.4, 0.5) is 0 Å². The van der Waals surface area contributed by atoms with Gasteiger partial charge in [-0.15, -0.1) is 11.6 Å². The van der Waals surface area contributed by atoms with Crippen molar-refractivity contribution >= 4 is 39.1 Å². The lowest BCUT2D eigenvalue weighted by Crippen LogP contribution is -2.68. The minimum atomic E-state index is -3.71. The molecule has 0 aromatic heterocycles. The van der Waals surface area contributed by atoms with Gasteiger partial charge in [-0.25, -0.2) is 8.42 Å². The smallest absolute Gasteiger partial charge is 0.302 e. The third-order valence-electron chi connectivity index (χ3n) is 3.33. The number of fused-ring (bicyclic) bond motifs is 1. The number of hydrogen-bond donors (Lipinski definition) is 0. The zero-order chi connectivity index (χ0) is 15.9. The van der Waals surface area contributed by atoms with Gasteiger partial charge in [-0.1, -0.05) is 6.92 Å². The molecule has 1 fully saturated rings. The molecule has 2 aliphatic heterocycles. The number of ether oxygens (including phenoxy) is 1. The van der Waals surface area contributed by atoms with Crippen LogP contribution in [0, 0.1) is 0 Å². The third kappa shape index (κ3) is 2.57. The maximum Gasteiger partial charge on any atom is 0.302 e. The van der Waals surface area contributed by atoms with Gasteiger partial charge in [0.2, 0.25) is 5.91 Å². The van der Waals surface area contributed by atoms with E-state index in [-0.39, 0.29) is 30.1 Å². The number of rotatable bonds is 4. The van der Waals surface area contributed by atoms with Crippen molar-refractivity contribution in [3.05, 3.63) is 11.3 Å². The lowest BCUT2D eigenvalue weighted by molar-refractivity contribution is -0.141. The van der Waals surface area contributed by atoms with Crippen molar-refractivity contribution < 1.29 is 27.5 Å². The Kier molecular flexibility index (Phi) is 4.12. The topological polar surface area (TPSA) is 97.8 Å². The molecule has 0 aromatic carbocycles. The summed E-state index contributed by atoms with van der Waals surface area (Å²) >= 11 is 5.76. The molecule has 2 aliphatic rings. The second-order valence-electron chi connectivity index (χ2n) is 4.82. The molecule has 0 N–H and O–H groups in total. The molecule has 0 saturated carbocycles. The fourth-order valence-corrected chi connectivity index (χ4v) is 4.95. The summed E-state index contributed by atoms with van der Waals surface area (Å²) in [6.45, 7) is 2.43. The molecule has 2 rings (SSSR count). The van der Waals surface area contributed by atoms with E-state index in [1.165, 1.54) is 6.92 Å². The molecule has 0 aliphatic carbocycles. The quantitative estimate of drug-likeness (QED) is 0.407. The lowest BCUT2D eigenvalue weighted by atomic mass is 10.0. The van der Waals surface area contributed by atoms with Crippen LogP contribution in [0.5, 0.6) is 0 Å². The van der Waals surface area contributed by atoms with Crippen LogP contribution in [-0.2, 0) is 29.0 Å². The molecule has 0 aromatic rings. The van der Waals surface area contributed by atoms with Gasteiger partial charge in [-0.2, -0.15) is 0 Å². The maximum atomic E-state index is 12.1. The van der Waals surface area contributed by atoms with Crippen LogP contribution in [-0.4, -0.2) is 54.1 Å². The SMILES string of the molecule is CCC(=O)C1=C(COC(C)=O)CS(=O)(=O)C2[C@@H](Cl)C(=O)N12. The standard InChI is InChI=1S/C12H14ClNO6S/c1-3-8(16)10-7(4-20-6(2)15)5-21(18,19)12-9(13)11(17)14(10)12/h9,12H,3-5H2,1-2H3/t9-,12?/m0/s1. The van der Waals surface area contributed by atoms with Crippen molar-refractivity contribution in [3.63, 3.8) is 0 Å². The molecule has 1 amide bonds. The zero-order valence-corrected chi connectivity index (χ0v) is 13.0. The number of amides is 1. The van der Waals surface area contributed by atoms with Crippen LogP contribution in [0.2, 0.25) is 0 Å². The van der Waals surface area contributed by atoms with Crippen molar-refractivity contribution in [2.75, 3.05) is 12.4 Å². The van der Waals surface area contributed by atoms with E-state index < -0.39 is 38.2 Å². The first kappa shape index (κ1) is 16.0. The number of nitrogens with zero attached hydrogens (tertiary/aromatic N) is 1. The molecule has 2 heterocycles. The number of hydrogen-bond acceptors (Lipinski definition) is 6. The lowest BCUT2D eigenvalue weighted by Gasteiger charge is -2.47. The number of carbonyl (C=O) groups is 3. The van der Waals surface area contributed by atoms with Gasteiger partial charge in [-0.05, 0) is 0 Å². The summed E-state index contributed by atoms with van der Waals surface area (Å²) in [7, 11) is -3.71. The van der Waals surface area contributed by atoms with Crippen LogP contribution in [0.15, 0.2) is 11.3 Å². The second-order valence-corrected chi connectivity index (χ2v) is 7.38. The van der Waals surface area contributed by atoms with Gasteiger partial charge < -0.3 is 4.74 Å². The molecule has 21 heavy (non-hydrogen) atoms. The second kappa shape index (κ2) is 5.42. The highest BCUT2D eigenvalue weighted by molar-refractivity contribution is 7.92. The number of ketones is 1. The number of alkyl halides is 1.